The summed E-state index contributed by atoms with van der Waals surface area (Å²) in [4.78, 5) is 45.5. The molecule has 0 fully saturated rings. The molecule has 1 unspecified atom stereocenters. The third-order valence-electron chi connectivity index (χ3n) is 23.4. The first-order valence-electron chi connectivity index (χ1n) is 39.1. The molecule has 0 spiro atoms. The molecule has 17 rings (SSSR count). The molecular formula is C100H100N2O8. The second-order valence-electron chi connectivity index (χ2n) is 39.5. The van der Waals surface area contributed by atoms with Crippen LogP contribution in [0.1, 0.15) is 198 Å². The van der Waals surface area contributed by atoms with Crippen LogP contribution >= 0.6 is 0 Å². The summed E-state index contributed by atoms with van der Waals surface area (Å²) in [5.41, 5.74) is 7.09. The lowest BCUT2D eigenvalue weighted by Crippen LogP contribution is -2.25. The maximum Gasteiger partial charge on any atom is 0.190 e. The fourth-order valence-corrected chi connectivity index (χ4v) is 20.5. The quantitative estimate of drug-likeness (QED) is 0.0751. The Morgan fingerprint density at radius 1 is 0.300 bits per heavy atom. The van der Waals surface area contributed by atoms with Gasteiger partial charge in [0.1, 0.15) is 52.1 Å². The molecule has 558 valence electrons. The van der Waals surface area contributed by atoms with Crippen LogP contribution in [0.3, 0.4) is 0 Å². The molecule has 110 heavy (non-hydrogen) atoms. The summed E-state index contributed by atoms with van der Waals surface area (Å²) in [6, 6.07) is 58.4. The van der Waals surface area contributed by atoms with Gasteiger partial charge >= 0.3 is 0 Å². The number of hydrogen-bond donors (Lipinski definition) is 1. The Balaban J connectivity index is 1.09. The van der Waals surface area contributed by atoms with E-state index in [2.05, 4.69) is 269 Å². The van der Waals surface area contributed by atoms with Crippen molar-refractivity contribution in [3.63, 3.8) is 0 Å². The van der Waals surface area contributed by atoms with Crippen molar-refractivity contribution in [1.82, 2.24) is 8.80 Å². The van der Waals surface area contributed by atoms with Crippen LogP contribution in [0.4, 0.5) is 0 Å². The van der Waals surface area contributed by atoms with Crippen LogP contribution in [0.15, 0.2) is 190 Å². The lowest BCUT2D eigenvalue weighted by Gasteiger charge is -2.33. The standard InChI is InChI=1S/C100H100N2O8/c1-93(2,3)51-97(13,14)55-27-35-59(36-28-55)107-79-43-67-71-47-75(103)63-23-21-24-64-76(104)48-72(101(71)91(63)64)68-45-81(109-61-39-31-57(32-40-61)99(17,18)53-95(7,8)9)87-88-82(110-62-41-33-58(34-42-62)100(19,20)54-96(10,11)12)46-70-74-50-78(106)66-26-22-25-65-77(105)49-73(102(74)92(65)66)69-44-80(86(90(88)84(69)70)85(79)89(87)83(67)68)108-60-37-29-56(30-38-60)98(15,16)52-94(4,5)6/h21-50,75,103H,51-54H2,1-20H3. The summed E-state index contributed by atoms with van der Waals surface area (Å²) >= 11 is 0. The number of ether oxygens (including phenoxy) is 4. The Kier molecular flexibility index (Phi) is 16.1. The van der Waals surface area contributed by atoms with E-state index in [1.807, 2.05) is 24.3 Å². The van der Waals surface area contributed by atoms with Gasteiger partial charge in [0.2, 0.25) is 0 Å². The predicted molar refractivity (Wildman–Crippen MR) is 457 cm³/mol. The first-order chi connectivity index (χ1) is 51.6. The smallest absolute Gasteiger partial charge is 0.190 e. The summed E-state index contributed by atoms with van der Waals surface area (Å²) in [6.07, 6.45) is 4.58. The van der Waals surface area contributed by atoms with Gasteiger partial charge in [0.15, 0.2) is 16.3 Å². The first kappa shape index (κ1) is 72.3. The number of pyridine rings is 5. The number of nitrogens with zero attached hydrogens (tertiary/aromatic N) is 2. The lowest BCUT2D eigenvalue weighted by atomic mass is 9.72. The number of rotatable bonds is 16. The Hall–Kier alpha value is -10.6. The molecule has 10 nitrogen and oxygen atoms in total. The number of aliphatic hydroxyl groups is 1. The Morgan fingerprint density at radius 2 is 0.573 bits per heavy atom. The lowest BCUT2D eigenvalue weighted by molar-refractivity contribution is 0.243. The second kappa shape index (κ2) is 24.5. The molecule has 1 aliphatic heterocycles. The van der Waals surface area contributed by atoms with Gasteiger partial charge in [0, 0.05) is 105 Å². The minimum atomic E-state index is -1.09. The summed E-state index contributed by atoms with van der Waals surface area (Å²) in [5, 5.41) is 23.2. The molecule has 0 saturated heterocycles. The zero-order valence-corrected chi connectivity index (χ0v) is 67.4. The summed E-state index contributed by atoms with van der Waals surface area (Å²) in [6.45, 7) is 45.8. The summed E-state index contributed by atoms with van der Waals surface area (Å²) in [7, 11) is 0. The third-order valence-corrected chi connectivity index (χ3v) is 23.4. The SMILES string of the molecule is CC(C)(C)CC(C)(C)c1ccc(Oc2cc3c4n5c(cc(=O)c6cccc(c65)C(O)C=4)c4cc(Oc5ccc(C(C)(C)CC(C)(C)C)cc5)c5c6c(Oc7ccc(C(C)(C)CC(C)(C)C)cc7)cc7c8c(cc(Oc9ccc(C(C)(C)CC(C)(C)C)cc9)c(c2c5c34)c68)c2cc(=O)c3cccc4c(=O)cc7n2c34)cc1. The van der Waals surface area contributed by atoms with E-state index >= 15 is 14.4 Å². The molecule has 10 heteroatoms. The minimum Gasteiger partial charge on any atom is -0.457 e. The van der Waals surface area contributed by atoms with Gasteiger partial charge < -0.3 is 32.9 Å². The third kappa shape index (κ3) is 12.1. The van der Waals surface area contributed by atoms with Crippen molar-refractivity contribution >= 4 is 114 Å². The molecule has 1 aliphatic rings. The van der Waals surface area contributed by atoms with Gasteiger partial charge in [-0.2, -0.15) is 0 Å². The van der Waals surface area contributed by atoms with Gasteiger partial charge in [-0.25, -0.2) is 0 Å². The minimum absolute atomic E-state index is 0.0511. The maximum absolute atomic E-state index is 15.2. The molecular weight excluding hydrogens is 1360 g/mol. The van der Waals surface area contributed by atoms with Gasteiger partial charge in [-0.3, -0.25) is 14.4 Å². The van der Waals surface area contributed by atoms with E-state index in [1.165, 1.54) is 22.3 Å². The van der Waals surface area contributed by atoms with Gasteiger partial charge in [-0.1, -0.05) is 205 Å². The predicted octanol–water partition coefficient (Wildman–Crippen LogP) is 25.5. The van der Waals surface area contributed by atoms with Crippen molar-refractivity contribution in [3.8, 4) is 46.0 Å². The molecule has 0 bridgehead atoms. The Labute approximate surface area is 642 Å². The number of hydrogen-bond acceptors (Lipinski definition) is 8. The molecule has 0 aliphatic carbocycles. The van der Waals surface area contributed by atoms with E-state index in [1.54, 1.807) is 36.4 Å². The summed E-state index contributed by atoms with van der Waals surface area (Å²) < 4.78 is 35.3. The molecule has 6 heterocycles. The largest absolute Gasteiger partial charge is 0.457 e. The van der Waals surface area contributed by atoms with Crippen molar-refractivity contribution in [2.24, 2.45) is 21.7 Å². The first-order valence-corrected chi connectivity index (χ1v) is 39.1. The van der Waals surface area contributed by atoms with Gasteiger partial charge in [0.05, 0.1) is 32.9 Å². The molecule has 16 aromatic rings. The Bertz CT molecular complexity index is 6520. The van der Waals surface area contributed by atoms with E-state index in [4.69, 9.17) is 18.9 Å². The van der Waals surface area contributed by atoms with E-state index in [0.717, 1.165) is 52.6 Å². The van der Waals surface area contributed by atoms with Crippen molar-refractivity contribution in [3.05, 3.63) is 240 Å². The zero-order chi connectivity index (χ0) is 78.0. The molecule has 1 N–H and O–H groups in total. The van der Waals surface area contributed by atoms with Crippen LogP contribution in [0.5, 0.6) is 46.0 Å². The zero-order valence-electron chi connectivity index (χ0n) is 67.4. The van der Waals surface area contributed by atoms with Gasteiger partial charge in [0.25, 0.3) is 0 Å². The number of para-hydroxylation sites is 2. The average molecular weight is 1460 g/mol. The van der Waals surface area contributed by atoms with Crippen LogP contribution in [-0.4, -0.2) is 13.9 Å². The van der Waals surface area contributed by atoms with Gasteiger partial charge in [-0.05, 0) is 188 Å². The van der Waals surface area contributed by atoms with Crippen LogP contribution < -0.4 is 40.6 Å². The number of fused-ring (bicyclic) bond motifs is 6. The van der Waals surface area contributed by atoms with Crippen molar-refractivity contribution < 1.29 is 24.1 Å². The fraction of sp³-hybridized carbons (Fsp3) is 0.330. The van der Waals surface area contributed by atoms with E-state index < -0.39 is 6.10 Å². The van der Waals surface area contributed by atoms with Crippen molar-refractivity contribution in [2.45, 2.75) is 192 Å². The topological polar surface area (TPSA) is 117 Å². The van der Waals surface area contributed by atoms with Crippen molar-refractivity contribution in [1.29, 1.82) is 0 Å². The highest BCUT2D eigenvalue weighted by atomic mass is 16.5. The molecule has 5 aromatic heterocycles. The molecule has 0 radical (unpaired) electrons. The van der Waals surface area contributed by atoms with E-state index in [9.17, 15) is 5.11 Å². The average Bonchev–Trinajstić information content (AvgIpc) is 0.661. The summed E-state index contributed by atoms with van der Waals surface area (Å²) in [5.74, 6) is 4.16. The molecule has 11 aromatic carbocycles. The number of benzene rings is 11. The highest BCUT2D eigenvalue weighted by Gasteiger charge is 2.37. The van der Waals surface area contributed by atoms with Crippen LogP contribution in [-0.2, 0) is 21.7 Å². The van der Waals surface area contributed by atoms with Crippen molar-refractivity contribution in [2.75, 3.05) is 0 Å². The van der Waals surface area contributed by atoms with Gasteiger partial charge in [-0.15, -0.1) is 0 Å². The van der Waals surface area contributed by atoms with Crippen LogP contribution in [0.2, 0.25) is 0 Å². The van der Waals surface area contributed by atoms with Crippen LogP contribution in [0.25, 0.3) is 114 Å². The monoisotopic (exact) mass is 1460 g/mol. The maximum atomic E-state index is 15.2. The molecule has 1 atom stereocenters. The normalized spacial score (nSPS) is 14.5. The second-order valence-corrected chi connectivity index (χ2v) is 39.5. The fourth-order valence-electron chi connectivity index (χ4n) is 20.5. The highest BCUT2D eigenvalue weighted by Crippen LogP contribution is 2.59. The van der Waals surface area contributed by atoms with E-state index in [0.29, 0.717) is 138 Å². The molecule has 0 amide bonds. The number of aliphatic hydroxyl groups excluding tert-OH is 1. The van der Waals surface area contributed by atoms with Crippen LogP contribution in [0, 0.1) is 21.7 Å². The molecule has 0 saturated carbocycles. The highest BCUT2D eigenvalue weighted by molar-refractivity contribution is 6.46. The number of aromatic nitrogens is 2. The van der Waals surface area contributed by atoms with E-state index in [-0.39, 0.29) is 59.6 Å². The Morgan fingerprint density at radius 3 is 0.882 bits per heavy atom.